The number of sulfone groups is 1. The fraction of sp³-hybridized carbons (Fsp3) is 1.00. The van der Waals surface area contributed by atoms with Gasteiger partial charge in [0.2, 0.25) is 0 Å². The van der Waals surface area contributed by atoms with E-state index in [9.17, 15) is 8.42 Å². The average Bonchev–Trinajstić information content (AvgIpc) is 2.14. The van der Waals surface area contributed by atoms with Crippen molar-refractivity contribution < 1.29 is 13.2 Å². The topological polar surface area (TPSA) is 55.4 Å². The molecule has 4 nitrogen and oxygen atoms in total. The highest BCUT2D eigenvalue weighted by atomic mass is 32.2. The molecule has 96 valence electrons. The third-order valence-electron chi connectivity index (χ3n) is 4.14. The van der Waals surface area contributed by atoms with E-state index < -0.39 is 9.84 Å². The maximum Gasteiger partial charge on any atom is 0.148 e. The molecule has 2 atom stereocenters. The normalized spacial score (nSPS) is 33.4. The molecular formula is C11H23NO3S. The van der Waals surface area contributed by atoms with Crippen LogP contribution >= 0.6 is 0 Å². The van der Waals surface area contributed by atoms with E-state index in [-0.39, 0.29) is 16.8 Å². The van der Waals surface area contributed by atoms with Crippen LogP contribution in [-0.2, 0) is 14.6 Å². The summed E-state index contributed by atoms with van der Waals surface area (Å²) in [6.07, 6.45) is 2.19. The van der Waals surface area contributed by atoms with Crippen LogP contribution in [0, 0.1) is 5.41 Å². The van der Waals surface area contributed by atoms with Gasteiger partial charge in [0, 0.05) is 31.4 Å². The van der Waals surface area contributed by atoms with Crippen molar-refractivity contribution in [1.82, 2.24) is 5.32 Å². The third-order valence-corrected chi connectivity index (χ3v) is 5.09. The number of hydrogen-bond acceptors (Lipinski definition) is 4. The van der Waals surface area contributed by atoms with Crippen LogP contribution in [0.5, 0.6) is 0 Å². The zero-order chi connectivity index (χ0) is 12.6. The van der Waals surface area contributed by atoms with Crippen molar-refractivity contribution in [2.45, 2.75) is 38.8 Å². The second-order valence-electron chi connectivity index (χ2n) is 5.50. The highest BCUT2D eigenvalue weighted by Gasteiger charge is 2.57. The Morgan fingerprint density at radius 2 is 1.94 bits per heavy atom. The molecule has 1 aliphatic rings. The second kappa shape index (κ2) is 4.27. The molecule has 0 amide bonds. The lowest BCUT2D eigenvalue weighted by molar-refractivity contribution is -0.180. The number of methoxy groups -OCH3 is 1. The first kappa shape index (κ1) is 13.9. The first-order valence-electron chi connectivity index (χ1n) is 5.59. The highest BCUT2D eigenvalue weighted by molar-refractivity contribution is 7.90. The Hall–Kier alpha value is -0.130. The van der Waals surface area contributed by atoms with Crippen molar-refractivity contribution in [3.05, 3.63) is 0 Å². The molecule has 0 spiro atoms. The standard InChI is InChI=1S/C11H23NO3S/c1-10(2)9(8-11(10,3)15-4)12-6-7-16(5,13)14/h9,12H,6-8H2,1-5H3. The van der Waals surface area contributed by atoms with Crippen molar-refractivity contribution in [1.29, 1.82) is 0 Å². The van der Waals surface area contributed by atoms with Crippen LogP contribution in [0.25, 0.3) is 0 Å². The zero-order valence-electron chi connectivity index (χ0n) is 10.8. The summed E-state index contributed by atoms with van der Waals surface area (Å²) in [4.78, 5) is 0. The third kappa shape index (κ3) is 2.57. The Labute approximate surface area is 98.7 Å². The van der Waals surface area contributed by atoms with Crippen LogP contribution in [0.2, 0.25) is 0 Å². The van der Waals surface area contributed by atoms with E-state index in [4.69, 9.17) is 4.74 Å². The summed E-state index contributed by atoms with van der Waals surface area (Å²) < 4.78 is 27.5. The molecule has 0 aromatic carbocycles. The molecule has 0 aromatic heterocycles. The van der Waals surface area contributed by atoms with E-state index >= 15 is 0 Å². The maximum absolute atomic E-state index is 11.0. The van der Waals surface area contributed by atoms with Crippen molar-refractivity contribution >= 4 is 9.84 Å². The summed E-state index contributed by atoms with van der Waals surface area (Å²) >= 11 is 0. The zero-order valence-corrected chi connectivity index (χ0v) is 11.6. The number of ether oxygens (including phenoxy) is 1. The molecule has 0 saturated heterocycles. The number of rotatable bonds is 5. The van der Waals surface area contributed by atoms with Crippen LogP contribution < -0.4 is 5.32 Å². The molecule has 1 saturated carbocycles. The molecule has 0 aromatic rings. The molecule has 1 N–H and O–H groups in total. The van der Waals surface area contributed by atoms with Crippen molar-refractivity contribution in [2.75, 3.05) is 25.7 Å². The second-order valence-corrected chi connectivity index (χ2v) is 7.76. The molecule has 5 heteroatoms. The quantitative estimate of drug-likeness (QED) is 0.784. The van der Waals surface area contributed by atoms with Crippen LogP contribution in [0.1, 0.15) is 27.2 Å². The predicted octanol–water partition coefficient (Wildman–Crippen LogP) is 0.824. The summed E-state index contributed by atoms with van der Waals surface area (Å²) in [5, 5.41) is 3.30. The van der Waals surface area contributed by atoms with Crippen molar-refractivity contribution in [2.24, 2.45) is 5.41 Å². The lowest BCUT2D eigenvalue weighted by atomic mass is 9.56. The van der Waals surface area contributed by atoms with Crippen LogP contribution in [0.4, 0.5) is 0 Å². The minimum Gasteiger partial charge on any atom is -0.378 e. The molecule has 2 unspecified atom stereocenters. The monoisotopic (exact) mass is 249 g/mol. The Bertz CT molecular complexity index is 350. The molecule has 1 fully saturated rings. The minimum absolute atomic E-state index is 0.0409. The van der Waals surface area contributed by atoms with E-state index in [1.165, 1.54) is 6.26 Å². The van der Waals surface area contributed by atoms with Crippen LogP contribution in [0.3, 0.4) is 0 Å². The van der Waals surface area contributed by atoms with Gasteiger partial charge in [-0.1, -0.05) is 13.8 Å². The lowest BCUT2D eigenvalue weighted by Gasteiger charge is -2.59. The average molecular weight is 249 g/mol. The molecule has 0 heterocycles. The van der Waals surface area contributed by atoms with Gasteiger partial charge in [0.05, 0.1) is 11.4 Å². The first-order valence-corrected chi connectivity index (χ1v) is 7.65. The first-order chi connectivity index (χ1) is 7.12. The van der Waals surface area contributed by atoms with Gasteiger partial charge in [0.25, 0.3) is 0 Å². The largest absolute Gasteiger partial charge is 0.378 e. The number of hydrogen-bond donors (Lipinski definition) is 1. The Balaban J connectivity index is 2.43. The van der Waals surface area contributed by atoms with Gasteiger partial charge in [0.15, 0.2) is 0 Å². The molecule has 0 radical (unpaired) electrons. The van der Waals surface area contributed by atoms with E-state index in [0.717, 1.165) is 6.42 Å². The van der Waals surface area contributed by atoms with Crippen LogP contribution in [0.15, 0.2) is 0 Å². The Morgan fingerprint density at radius 1 is 1.38 bits per heavy atom. The van der Waals surface area contributed by atoms with Gasteiger partial charge in [-0.05, 0) is 13.3 Å². The summed E-state index contributed by atoms with van der Waals surface area (Å²) in [5.74, 6) is 0.198. The van der Waals surface area contributed by atoms with Gasteiger partial charge in [-0.3, -0.25) is 0 Å². The highest BCUT2D eigenvalue weighted by Crippen LogP contribution is 2.51. The number of nitrogens with one attached hydrogen (secondary N) is 1. The lowest BCUT2D eigenvalue weighted by Crippen LogP contribution is -2.68. The summed E-state index contributed by atoms with van der Waals surface area (Å²) in [6, 6.07) is 0.333. The smallest absolute Gasteiger partial charge is 0.148 e. The predicted molar refractivity (Wildman–Crippen MR) is 65.3 cm³/mol. The van der Waals surface area contributed by atoms with Gasteiger partial charge < -0.3 is 10.1 Å². The molecule has 1 rings (SSSR count). The van der Waals surface area contributed by atoms with Gasteiger partial charge in [0.1, 0.15) is 9.84 Å². The molecule has 1 aliphatic carbocycles. The maximum atomic E-state index is 11.0. The Morgan fingerprint density at radius 3 is 2.31 bits per heavy atom. The van der Waals surface area contributed by atoms with Crippen LogP contribution in [-0.4, -0.2) is 45.7 Å². The van der Waals surface area contributed by atoms with Gasteiger partial charge in [-0.2, -0.15) is 0 Å². The molecule has 0 aliphatic heterocycles. The van der Waals surface area contributed by atoms with Crippen molar-refractivity contribution in [3.8, 4) is 0 Å². The molecule has 0 bridgehead atoms. The minimum atomic E-state index is -2.87. The van der Waals surface area contributed by atoms with E-state index in [0.29, 0.717) is 12.6 Å². The Kier molecular flexibility index (Phi) is 3.72. The summed E-state index contributed by atoms with van der Waals surface area (Å²) in [6.45, 7) is 6.92. The summed E-state index contributed by atoms with van der Waals surface area (Å²) in [7, 11) is -1.14. The van der Waals surface area contributed by atoms with E-state index in [2.05, 4.69) is 26.1 Å². The molecular weight excluding hydrogens is 226 g/mol. The molecule has 16 heavy (non-hydrogen) atoms. The van der Waals surface area contributed by atoms with E-state index in [1.807, 2.05) is 0 Å². The van der Waals surface area contributed by atoms with E-state index in [1.54, 1.807) is 7.11 Å². The fourth-order valence-electron chi connectivity index (χ4n) is 2.24. The van der Waals surface area contributed by atoms with Gasteiger partial charge >= 0.3 is 0 Å². The van der Waals surface area contributed by atoms with Crippen molar-refractivity contribution in [3.63, 3.8) is 0 Å². The van der Waals surface area contributed by atoms with Gasteiger partial charge in [-0.25, -0.2) is 8.42 Å². The fourth-order valence-corrected chi connectivity index (χ4v) is 2.73. The summed E-state index contributed by atoms with van der Waals surface area (Å²) in [5.41, 5.74) is -0.0605. The SMILES string of the molecule is COC1(C)CC(NCCS(C)(=O)=O)C1(C)C. The van der Waals surface area contributed by atoms with Gasteiger partial charge in [-0.15, -0.1) is 0 Å².